The van der Waals surface area contributed by atoms with E-state index in [1.54, 1.807) is 60.7 Å². The second kappa shape index (κ2) is 15.7. The van der Waals surface area contributed by atoms with Crippen LogP contribution in [0.5, 0.6) is 11.5 Å². The van der Waals surface area contributed by atoms with Crippen LogP contribution in [0.1, 0.15) is 115 Å². The summed E-state index contributed by atoms with van der Waals surface area (Å²) in [5, 5.41) is 25.0. The number of benzene rings is 4. The Morgan fingerprint density at radius 2 is 0.879 bits per heavy atom. The summed E-state index contributed by atoms with van der Waals surface area (Å²) in [7, 11) is -8.26. The van der Waals surface area contributed by atoms with E-state index in [4.69, 9.17) is 9.47 Å². The van der Waals surface area contributed by atoms with Gasteiger partial charge in [-0.15, -0.1) is 0 Å². The second-order valence-electron chi connectivity index (χ2n) is 18.7. The molecule has 2 aliphatic heterocycles. The van der Waals surface area contributed by atoms with Gasteiger partial charge in [-0.05, 0) is 96.2 Å². The molecule has 0 saturated carbocycles. The number of nitrogens with zero attached hydrogens (tertiary/aromatic N) is 2. The van der Waals surface area contributed by atoms with Crippen LogP contribution in [0.3, 0.4) is 0 Å². The van der Waals surface area contributed by atoms with Gasteiger partial charge in [-0.25, -0.2) is 16.8 Å². The number of rotatable bonds is 9. The average molecular weight is 833 g/mol. The van der Waals surface area contributed by atoms with Crippen molar-refractivity contribution < 1.29 is 36.5 Å². The monoisotopic (exact) mass is 832 g/mol. The summed E-state index contributed by atoms with van der Waals surface area (Å²) in [5.41, 5.74) is 3.37. The maximum absolute atomic E-state index is 14.6. The summed E-state index contributed by atoms with van der Waals surface area (Å²) in [6.07, 6.45) is -2.38. The van der Waals surface area contributed by atoms with Crippen molar-refractivity contribution in [1.82, 2.24) is 8.61 Å². The average Bonchev–Trinajstić information content (AvgIpc) is 3.79. The molecule has 0 spiro atoms. The highest BCUT2D eigenvalue weighted by molar-refractivity contribution is 7.89. The highest BCUT2D eigenvalue weighted by Crippen LogP contribution is 2.51. The number of ether oxygens (including phenoxy) is 2. The quantitative estimate of drug-likeness (QED) is 0.171. The Kier molecular flexibility index (Phi) is 11.8. The normalized spacial score (nSPS) is 21.4. The lowest BCUT2D eigenvalue weighted by molar-refractivity contribution is 0.0653. The van der Waals surface area contributed by atoms with Crippen LogP contribution in [0.2, 0.25) is 0 Å². The van der Waals surface area contributed by atoms with Crippen LogP contribution in [0, 0.1) is 25.7 Å². The predicted octanol–water partition coefficient (Wildman–Crippen LogP) is 9.47. The molecule has 314 valence electrons. The fraction of sp³-hybridized carbons (Fsp3) is 0.478. The summed E-state index contributed by atoms with van der Waals surface area (Å²) in [6, 6.07) is 19.5. The van der Waals surface area contributed by atoms with Gasteiger partial charge in [-0.2, -0.15) is 8.61 Å². The van der Waals surface area contributed by atoms with Gasteiger partial charge in [0.1, 0.15) is 11.5 Å². The number of aryl methyl sites for hydroxylation is 2. The maximum atomic E-state index is 14.6. The van der Waals surface area contributed by atoms with Gasteiger partial charge in [0.2, 0.25) is 20.0 Å². The number of hydrogen-bond donors (Lipinski definition) is 2. The minimum atomic E-state index is -4.13. The lowest BCUT2D eigenvalue weighted by atomic mass is 9.80. The van der Waals surface area contributed by atoms with Crippen molar-refractivity contribution in [2.75, 3.05) is 13.2 Å². The minimum Gasteiger partial charge on any atom is -0.507 e. The standard InChI is InChI=1S/C46H60N2O8S2/c1-27(2)39-25-55-43(47(39)57(51,52)33-17-13-29(5)14-18-33)37-23-31(45(7,8)9)21-35(41(37)49)36-22-32(46(10,11)12)24-38(42(36)50)44-48(40(26-56-44)28(3)4)58(53,54)34-19-15-30(6)16-20-34/h13-24,27-28,39-40,43-44,49-50H,25-26H2,1-12H3/t39-,40-,43+,44+/m1/s1. The van der Waals surface area contributed by atoms with Crippen molar-refractivity contribution >= 4 is 20.0 Å². The zero-order chi connectivity index (χ0) is 42.9. The van der Waals surface area contributed by atoms with Crippen molar-refractivity contribution in [2.45, 2.75) is 128 Å². The van der Waals surface area contributed by atoms with Crippen LogP contribution < -0.4 is 0 Å². The summed E-state index contributed by atoms with van der Waals surface area (Å²) < 4.78 is 73.7. The highest BCUT2D eigenvalue weighted by Gasteiger charge is 2.48. The van der Waals surface area contributed by atoms with Gasteiger partial charge in [-0.1, -0.05) is 105 Å². The van der Waals surface area contributed by atoms with Crippen LogP contribution in [-0.2, 0) is 40.4 Å². The molecule has 0 bridgehead atoms. The molecule has 2 fully saturated rings. The van der Waals surface area contributed by atoms with E-state index in [1.807, 2.05) is 95.2 Å². The van der Waals surface area contributed by atoms with Crippen LogP contribution in [0.4, 0.5) is 0 Å². The topological polar surface area (TPSA) is 134 Å². The number of hydrogen-bond acceptors (Lipinski definition) is 8. The molecule has 0 amide bonds. The first-order chi connectivity index (χ1) is 26.8. The Morgan fingerprint density at radius 1 is 0.569 bits per heavy atom. The smallest absolute Gasteiger partial charge is 0.245 e. The molecule has 10 nitrogen and oxygen atoms in total. The Hall–Kier alpha value is -3.78. The molecule has 6 rings (SSSR count). The Morgan fingerprint density at radius 3 is 1.16 bits per heavy atom. The van der Waals surface area contributed by atoms with Gasteiger partial charge in [0, 0.05) is 22.3 Å². The fourth-order valence-electron chi connectivity index (χ4n) is 7.69. The summed E-state index contributed by atoms with van der Waals surface area (Å²) in [4.78, 5) is 0.236. The molecule has 4 aromatic carbocycles. The summed E-state index contributed by atoms with van der Waals surface area (Å²) >= 11 is 0. The van der Waals surface area contributed by atoms with Crippen LogP contribution in [0.25, 0.3) is 11.1 Å². The zero-order valence-electron chi connectivity index (χ0n) is 35.9. The van der Waals surface area contributed by atoms with E-state index in [2.05, 4.69) is 0 Å². The maximum Gasteiger partial charge on any atom is 0.245 e. The molecule has 2 heterocycles. The Bertz CT molecular complexity index is 2210. The van der Waals surface area contributed by atoms with E-state index in [-0.39, 0.29) is 68.6 Å². The molecule has 0 unspecified atom stereocenters. The lowest BCUT2D eigenvalue weighted by Gasteiger charge is -2.32. The molecule has 12 heteroatoms. The van der Waals surface area contributed by atoms with Gasteiger partial charge >= 0.3 is 0 Å². The molecule has 0 aliphatic carbocycles. The van der Waals surface area contributed by atoms with Gasteiger partial charge in [0.15, 0.2) is 12.5 Å². The third kappa shape index (κ3) is 8.08. The molecular formula is C46H60N2O8S2. The first-order valence-electron chi connectivity index (χ1n) is 20.0. The van der Waals surface area contributed by atoms with E-state index in [1.165, 1.54) is 8.61 Å². The largest absolute Gasteiger partial charge is 0.507 e. The van der Waals surface area contributed by atoms with Crippen molar-refractivity contribution in [3.05, 3.63) is 106 Å². The molecule has 58 heavy (non-hydrogen) atoms. The SMILES string of the molecule is Cc1ccc(S(=O)(=O)N2[C@@H](C(C)C)CO[C@H]2c2cc(C(C)(C)C)cc(-c3cc(C(C)(C)C)cc([C@@H]4OC[C@H](C(C)C)N4S(=O)(=O)c4ccc(C)cc4)c3O)c2O)cc1. The van der Waals surface area contributed by atoms with E-state index >= 15 is 0 Å². The van der Waals surface area contributed by atoms with E-state index in [0.717, 1.165) is 22.3 Å². The number of phenolic OH excluding ortho intramolecular Hbond substituents is 2. The van der Waals surface area contributed by atoms with Crippen LogP contribution >= 0.6 is 0 Å². The number of sulfonamides is 2. The van der Waals surface area contributed by atoms with Crippen molar-refractivity contribution in [3.8, 4) is 22.6 Å². The highest BCUT2D eigenvalue weighted by atomic mass is 32.2. The fourth-order valence-corrected chi connectivity index (χ4v) is 11.3. The van der Waals surface area contributed by atoms with Gasteiger partial charge in [0.25, 0.3) is 0 Å². The van der Waals surface area contributed by atoms with Gasteiger partial charge < -0.3 is 19.7 Å². The first-order valence-corrected chi connectivity index (χ1v) is 22.9. The molecule has 4 atom stereocenters. The van der Waals surface area contributed by atoms with E-state index < -0.39 is 55.4 Å². The van der Waals surface area contributed by atoms with Crippen molar-refractivity contribution in [1.29, 1.82) is 0 Å². The second-order valence-corrected chi connectivity index (χ2v) is 22.4. The molecule has 4 aromatic rings. The van der Waals surface area contributed by atoms with Crippen LogP contribution in [0.15, 0.2) is 82.6 Å². The van der Waals surface area contributed by atoms with Crippen molar-refractivity contribution in [3.63, 3.8) is 0 Å². The van der Waals surface area contributed by atoms with Crippen molar-refractivity contribution in [2.24, 2.45) is 11.8 Å². The van der Waals surface area contributed by atoms with E-state index in [9.17, 15) is 27.0 Å². The molecule has 0 aromatic heterocycles. The molecule has 2 N–H and O–H groups in total. The molecular weight excluding hydrogens is 773 g/mol. The zero-order valence-corrected chi connectivity index (χ0v) is 37.5. The van der Waals surface area contributed by atoms with E-state index in [0.29, 0.717) is 0 Å². The third-order valence-corrected chi connectivity index (χ3v) is 15.3. The molecule has 2 saturated heterocycles. The third-order valence-electron chi connectivity index (χ3n) is 11.5. The number of phenols is 2. The molecule has 2 aliphatic rings. The predicted molar refractivity (Wildman–Crippen MR) is 228 cm³/mol. The summed E-state index contributed by atoms with van der Waals surface area (Å²) in [5.74, 6) is -0.744. The van der Waals surface area contributed by atoms with Gasteiger partial charge in [-0.3, -0.25) is 0 Å². The molecule has 0 radical (unpaired) electrons. The summed E-state index contributed by atoms with van der Waals surface area (Å²) in [6.45, 7) is 23.9. The first kappa shape index (κ1) is 43.8. The Balaban J connectivity index is 1.60. The minimum absolute atomic E-state index is 0.109. The van der Waals surface area contributed by atoms with Crippen LogP contribution in [-0.4, -0.2) is 61.0 Å². The lowest BCUT2D eigenvalue weighted by Crippen LogP contribution is -2.41. The Labute approximate surface area is 345 Å². The van der Waals surface area contributed by atoms with Gasteiger partial charge in [0.05, 0.1) is 35.1 Å². The number of aromatic hydroxyl groups is 2.